The van der Waals surface area contributed by atoms with Crippen LogP contribution in [0.1, 0.15) is 27.2 Å². The molecule has 1 aromatic carbocycles. The maximum atomic E-state index is 12.8. The Morgan fingerprint density at radius 3 is 1.97 bits per heavy atom. The van der Waals surface area contributed by atoms with Crippen molar-refractivity contribution in [2.45, 2.75) is 24.1 Å². The monoisotopic (exact) mass is 445 g/mol. The van der Waals surface area contributed by atoms with E-state index in [9.17, 15) is 39.6 Å². The molecule has 13 heteroatoms. The van der Waals surface area contributed by atoms with E-state index in [0.717, 1.165) is 16.4 Å². The Labute approximate surface area is 160 Å². The fraction of sp³-hybridized carbons (Fsp3) is 0.312. The molecule has 0 amide bonds. The minimum Gasteiger partial charge on any atom is -0.454 e. The summed E-state index contributed by atoms with van der Waals surface area (Å²) in [6.07, 6.45) is -10.2. The molecule has 2 aromatic rings. The largest absolute Gasteiger partial charge is 0.454 e. The maximum Gasteiger partial charge on any atom is 0.416 e. The molecule has 6 nitrogen and oxygen atoms in total. The highest BCUT2D eigenvalue weighted by Gasteiger charge is 2.37. The number of hydrogen-bond donors (Lipinski definition) is 0. The van der Waals surface area contributed by atoms with Gasteiger partial charge in [0.25, 0.3) is 10.0 Å². The molecule has 0 spiro atoms. The number of hydrogen-bond acceptors (Lipinski definition) is 5. The number of alkyl halides is 6. The van der Waals surface area contributed by atoms with Gasteiger partial charge in [-0.15, -0.1) is 0 Å². The van der Waals surface area contributed by atoms with Gasteiger partial charge in [-0.2, -0.15) is 26.3 Å². The lowest BCUT2D eigenvalue weighted by molar-refractivity contribution is -0.143. The summed E-state index contributed by atoms with van der Waals surface area (Å²) in [5.74, 6) is -1.66. The zero-order valence-corrected chi connectivity index (χ0v) is 15.6. The number of rotatable bonds is 5. The molecular weight excluding hydrogens is 432 g/mol. The van der Waals surface area contributed by atoms with E-state index in [1.165, 1.54) is 14.1 Å². The van der Waals surface area contributed by atoms with Crippen molar-refractivity contribution in [3.63, 3.8) is 0 Å². The van der Waals surface area contributed by atoms with E-state index in [0.29, 0.717) is 0 Å². The summed E-state index contributed by atoms with van der Waals surface area (Å²) in [4.78, 5) is 12.0. The molecule has 0 atom stereocenters. The number of esters is 1. The topological polar surface area (TPSA) is 76.8 Å². The molecule has 160 valence electrons. The van der Waals surface area contributed by atoms with Gasteiger partial charge in [0.05, 0.1) is 16.7 Å². The molecule has 1 heterocycles. The van der Waals surface area contributed by atoms with Gasteiger partial charge in [0, 0.05) is 14.1 Å². The van der Waals surface area contributed by atoms with E-state index >= 15 is 0 Å². The molecule has 0 unspecified atom stereocenters. The first-order valence-electron chi connectivity index (χ1n) is 7.60. The van der Waals surface area contributed by atoms with E-state index < -0.39 is 56.7 Å². The first-order chi connectivity index (χ1) is 13.1. The number of carbonyl (C=O) groups is 1. The minimum atomic E-state index is -5.12. The highest BCUT2D eigenvalue weighted by molar-refractivity contribution is 7.88. The number of carbonyl (C=O) groups excluding carboxylic acids is 1. The quantitative estimate of drug-likeness (QED) is 0.515. The summed E-state index contributed by atoms with van der Waals surface area (Å²) >= 11 is 0. The second-order valence-corrected chi connectivity index (χ2v) is 7.96. The molecule has 0 saturated carbocycles. The van der Waals surface area contributed by atoms with Crippen molar-refractivity contribution in [1.29, 1.82) is 0 Å². The van der Waals surface area contributed by atoms with Crippen LogP contribution in [0.3, 0.4) is 0 Å². The van der Waals surface area contributed by atoms with Crippen LogP contribution in [0.2, 0.25) is 0 Å². The van der Waals surface area contributed by atoms with Crippen LogP contribution in [0.5, 0.6) is 0 Å². The normalized spacial score (nSPS) is 13.0. The first kappa shape index (κ1) is 22.7. The van der Waals surface area contributed by atoms with Gasteiger partial charge in [-0.05, 0) is 30.3 Å². The van der Waals surface area contributed by atoms with Crippen LogP contribution in [-0.2, 0) is 33.7 Å². The zero-order valence-electron chi connectivity index (χ0n) is 14.8. The fourth-order valence-corrected chi connectivity index (χ4v) is 2.86. The van der Waals surface area contributed by atoms with Gasteiger partial charge in [0.2, 0.25) is 5.09 Å². The van der Waals surface area contributed by atoms with E-state index in [1.807, 2.05) is 0 Å². The fourth-order valence-electron chi connectivity index (χ4n) is 2.05. The number of furan rings is 1. The van der Waals surface area contributed by atoms with Crippen molar-refractivity contribution in [2.24, 2.45) is 0 Å². The van der Waals surface area contributed by atoms with Gasteiger partial charge in [-0.3, -0.25) is 0 Å². The minimum absolute atomic E-state index is 0.123. The predicted molar refractivity (Wildman–Crippen MR) is 85.1 cm³/mol. The highest BCUT2D eigenvalue weighted by atomic mass is 32.2. The van der Waals surface area contributed by atoms with Crippen molar-refractivity contribution in [1.82, 2.24) is 4.31 Å². The molecule has 0 aliphatic carbocycles. The summed E-state index contributed by atoms with van der Waals surface area (Å²) in [5.41, 5.74) is -4.31. The van der Waals surface area contributed by atoms with Crippen molar-refractivity contribution >= 4 is 16.0 Å². The Balaban J connectivity index is 2.25. The van der Waals surface area contributed by atoms with Crippen LogP contribution in [0.4, 0.5) is 26.3 Å². The summed E-state index contributed by atoms with van der Waals surface area (Å²) in [6.45, 7) is -0.709. The summed E-state index contributed by atoms with van der Waals surface area (Å²) < 4.78 is 111. The molecule has 0 aliphatic rings. The third-order valence-corrected chi connectivity index (χ3v) is 5.23. The lowest BCUT2D eigenvalue weighted by Crippen LogP contribution is -2.21. The van der Waals surface area contributed by atoms with Crippen LogP contribution in [0.25, 0.3) is 0 Å². The molecule has 29 heavy (non-hydrogen) atoms. The summed E-state index contributed by atoms with van der Waals surface area (Å²) in [5, 5.41) is -0.480. The second kappa shape index (κ2) is 7.71. The third kappa shape index (κ3) is 5.29. The van der Waals surface area contributed by atoms with Crippen LogP contribution in [0, 0.1) is 0 Å². The van der Waals surface area contributed by atoms with Crippen LogP contribution >= 0.6 is 0 Å². The van der Waals surface area contributed by atoms with E-state index in [-0.39, 0.29) is 24.0 Å². The van der Waals surface area contributed by atoms with Crippen molar-refractivity contribution in [2.75, 3.05) is 14.1 Å². The van der Waals surface area contributed by atoms with Gasteiger partial charge in [-0.25, -0.2) is 17.5 Å². The van der Waals surface area contributed by atoms with E-state index in [4.69, 9.17) is 4.42 Å². The molecule has 0 aliphatic heterocycles. The summed E-state index contributed by atoms with van der Waals surface area (Å²) in [7, 11) is -1.44. The molecule has 0 fully saturated rings. The molecule has 0 saturated heterocycles. The van der Waals surface area contributed by atoms with Crippen LogP contribution in [0.15, 0.2) is 39.8 Å². The van der Waals surface area contributed by atoms with E-state index in [1.54, 1.807) is 0 Å². The Morgan fingerprint density at radius 2 is 1.52 bits per heavy atom. The molecular formula is C16H13F6NO5S. The number of sulfonamides is 1. The molecule has 1 aromatic heterocycles. The molecule has 0 radical (unpaired) electrons. The van der Waals surface area contributed by atoms with Gasteiger partial charge < -0.3 is 9.15 Å². The average molecular weight is 445 g/mol. The Hall–Kier alpha value is -2.54. The standard InChI is InChI=1S/C16H13F6NO5S/c1-23(2)29(25,26)13-4-3-12(28-13)8-27-14(24)9-5-10(15(17,18)19)7-11(6-9)16(20,21)22/h3-7H,8H2,1-2H3. The van der Waals surface area contributed by atoms with Crippen LogP contribution in [-0.4, -0.2) is 32.8 Å². The molecule has 0 bridgehead atoms. The van der Waals surface area contributed by atoms with Gasteiger partial charge in [-0.1, -0.05) is 0 Å². The number of ether oxygens (including phenoxy) is 1. The third-order valence-electron chi connectivity index (χ3n) is 3.54. The highest BCUT2D eigenvalue weighted by Crippen LogP contribution is 2.36. The lowest BCUT2D eigenvalue weighted by Gasteiger charge is -2.13. The first-order valence-corrected chi connectivity index (χ1v) is 9.04. The Kier molecular flexibility index (Phi) is 6.04. The lowest BCUT2D eigenvalue weighted by atomic mass is 10.0. The number of nitrogens with zero attached hydrogens (tertiary/aromatic N) is 1. The van der Waals surface area contributed by atoms with Crippen molar-refractivity contribution in [3.05, 3.63) is 52.8 Å². The van der Waals surface area contributed by atoms with Gasteiger partial charge in [0.15, 0.2) is 0 Å². The van der Waals surface area contributed by atoms with Gasteiger partial charge in [0.1, 0.15) is 12.4 Å². The van der Waals surface area contributed by atoms with Gasteiger partial charge >= 0.3 is 18.3 Å². The second-order valence-electron chi connectivity index (χ2n) is 5.88. The Morgan fingerprint density at radius 1 is 1.00 bits per heavy atom. The zero-order chi connectivity index (χ0) is 22.2. The van der Waals surface area contributed by atoms with Crippen LogP contribution < -0.4 is 0 Å². The number of benzene rings is 1. The summed E-state index contributed by atoms with van der Waals surface area (Å²) in [6, 6.07) is 2.52. The average Bonchev–Trinajstić information content (AvgIpc) is 3.07. The Bertz CT molecular complexity index is 975. The number of halogens is 6. The maximum absolute atomic E-state index is 12.8. The molecule has 2 rings (SSSR count). The molecule has 0 N–H and O–H groups in total. The van der Waals surface area contributed by atoms with E-state index in [2.05, 4.69) is 4.74 Å². The predicted octanol–water partition coefficient (Wildman–Crippen LogP) is 3.92. The van der Waals surface area contributed by atoms with Crippen molar-refractivity contribution in [3.8, 4) is 0 Å². The van der Waals surface area contributed by atoms with Crippen molar-refractivity contribution < 1.29 is 48.7 Å². The smallest absolute Gasteiger partial charge is 0.416 e. The SMILES string of the molecule is CN(C)S(=O)(=O)c1ccc(COC(=O)c2cc(C(F)(F)F)cc(C(F)(F)F)c2)o1.